The predicted molar refractivity (Wildman–Crippen MR) is 168 cm³/mol. The molecular weight excluding hydrogens is 584 g/mol. The molecule has 0 radical (unpaired) electrons. The topological polar surface area (TPSA) is 164 Å². The molecule has 7 heterocycles. The van der Waals surface area contributed by atoms with E-state index in [4.69, 9.17) is 29.3 Å². The number of amides is 1. The summed E-state index contributed by atoms with van der Waals surface area (Å²) in [5, 5.41) is 18.5. The normalized spacial score (nSPS) is 23.3. The quantitative estimate of drug-likeness (QED) is 0.165. The molecule has 1 spiro atoms. The van der Waals surface area contributed by atoms with Crippen molar-refractivity contribution < 1.29 is 23.5 Å². The summed E-state index contributed by atoms with van der Waals surface area (Å²) in [6.45, 7) is 4.00. The van der Waals surface area contributed by atoms with Crippen LogP contribution in [0.15, 0.2) is 69.8 Å². The van der Waals surface area contributed by atoms with Crippen molar-refractivity contribution in [2.75, 3.05) is 5.32 Å². The average molecular weight is 613 g/mol. The van der Waals surface area contributed by atoms with Gasteiger partial charge in [-0.1, -0.05) is 44.2 Å². The van der Waals surface area contributed by atoms with Gasteiger partial charge >= 0.3 is 0 Å². The average Bonchev–Trinajstić information content (AvgIpc) is 3.85. The zero-order valence-electron chi connectivity index (χ0n) is 24.8. The summed E-state index contributed by atoms with van der Waals surface area (Å²) in [5.41, 5.74) is 12.7. The number of oxazole rings is 2. The number of rotatable bonds is 1. The van der Waals surface area contributed by atoms with Gasteiger partial charge in [-0.2, -0.15) is 0 Å². The van der Waals surface area contributed by atoms with E-state index in [-0.39, 0.29) is 23.5 Å². The number of fused-ring (bicyclic) bond motifs is 7. The number of anilines is 1. The number of phenolic OH excluding ortho intramolecular Hbond substituents is 1. The Morgan fingerprint density at radius 2 is 1.93 bits per heavy atom. The number of benzene rings is 3. The van der Waals surface area contributed by atoms with Crippen LogP contribution < -0.4 is 21.1 Å². The van der Waals surface area contributed by atoms with E-state index < -0.39 is 23.7 Å². The molecule has 3 aromatic carbocycles. The molecule has 0 saturated heterocycles. The van der Waals surface area contributed by atoms with E-state index in [9.17, 15) is 9.90 Å². The van der Waals surface area contributed by atoms with Crippen LogP contribution in [-0.4, -0.2) is 38.2 Å². The lowest BCUT2D eigenvalue weighted by Gasteiger charge is -2.28. The molecule has 6 N–H and O–H groups in total. The Balaban J connectivity index is 1.39. The zero-order chi connectivity index (χ0) is 31.1. The maximum Gasteiger partial charge on any atom is 0.249 e. The van der Waals surface area contributed by atoms with E-state index >= 15 is 0 Å². The van der Waals surface area contributed by atoms with Gasteiger partial charge in [-0.05, 0) is 41.7 Å². The van der Waals surface area contributed by atoms with E-state index in [1.807, 2.05) is 44.3 Å². The number of H-pyrrole nitrogens is 1. The maximum atomic E-state index is 13.4. The maximum absolute atomic E-state index is 13.4. The first-order valence-electron chi connectivity index (χ1n) is 15.4. The van der Waals surface area contributed by atoms with Gasteiger partial charge in [0.05, 0.1) is 17.8 Å². The van der Waals surface area contributed by atoms with Crippen molar-refractivity contribution in [2.24, 2.45) is 11.7 Å². The number of nitrogens with one attached hydrogen (secondary N) is 3. The van der Waals surface area contributed by atoms with Gasteiger partial charge in [0.1, 0.15) is 23.0 Å². The molecule has 1 unspecified atom stereocenters. The summed E-state index contributed by atoms with van der Waals surface area (Å²) in [6, 6.07) is 14.4. The van der Waals surface area contributed by atoms with Crippen molar-refractivity contribution in [1.29, 1.82) is 0 Å². The summed E-state index contributed by atoms with van der Waals surface area (Å²) >= 11 is 0. The number of nitrogens with zero attached hydrogens (tertiary/aromatic N) is 2. The number of aromatic hydroxyl groups is 1. The van der Waals surface area contributed by atoms with Crippen molar-refractivity contribution >= 4 is 22.5 Å². The first-order chi connectivity index (χ1) is 22.3. The van der Waals surface area contributed by atoms with Gasteiger partial charge in [0.15, 0.2) is 23.4 Å². The fourth-order valence-electron chi connectivity index (χ4n) is 7.81. The molecule has 6 aromatic rings. The lowest BCUT2D eigenvalue weighted by atomic mass is 9.72. The number of hydrogen-bond acceptors (Lipinski definition) is 9. The van der Waals surface area contributed by atoms with Gasteiger partial charge in [-0.15, -0.1) is 0 Å². The summed E-state index contributed by atoms with van der Waals surface area (Å²) in [6.07, 6.45) is 3.22. The molecule has 228 valence electrons. The number of phenols is 1. The van der Waals surface area contributed by atoms with E-state index in [2.05, 4.69) is 33.8 Å². The van der Waals surface area contributed by atoms with Crippen molar-refractivity contribution in [3.05, 3.63) is 89.3 Å². The third-order valence-electron chi connectivity index (χ3n) is 9.97. The van der Waals surface area contributed by atoms with Crippen LogP contribution in [0.25, 0.3) is 44.9 Å². The molecule has 11 heteroatoms. The van der Waals surface area contributed by atoms with Crippen LogP contribution in [0.4, 0.5) is 5.69 Å². The molecule has 10 bridgehead atoms. The molecule has 0 aliphatic carbocycles. The van der Waals surface area contributed by atoms with Gasteiger partial charge in [-0.25, -0.2) is 9.97 Å². The number of ether oxygens (including phenoxy) is 1. The van der Waals surface area contributed by atoms with Crippen LogP contribution in [0.5, 0.6) is 11.5 Å². The number of para-hydroxylation sites is 1. The SMILES string of the molecule is CC(C)[C@@H]1NC(=O)[C@@H](N)Cc2ccc3c(c2)C24c5cccc(c5N[C@H]2O3)-c2ccc(O)c3[nH]cc(c23)-c2cnc(o2)-c2nc1oc24. The summed E-state index contributed by atoms with van der Waals surface area (Å²) in [4.78, 5) is 26.4. The molecular formula is C35H28N6O5. The van der Waals surface area contributed by atoms with E-state index in [0.29, 0.717) is 40.8 Å². The monoisotopic (exact) mass is 612 g/mol. The number of hydrogen-bond donors (Lipinski definition) is 5. The minimum absolute atomic E-state index is 0.0712. The molecule has 10 rings (SSSR count). The van der Waals surface area contributed by atoms with Crippen molar-refractivity contribution in [3.8, 4) is 45.5 Å². The van der Waals surface area contributed by atoms with E-state index in [0.717, 1.165) is 44.5 Å². The van der Waals surface area contributed by atoms with Crippen LogP contribution >= 0.6 is 0 Å². The number of aromatic nitrogens is 3. The standard InChI is InChI=1S/C35H28N6O5/c1-14(2)26-33-40-29-30(46-33)35-19-5-3-4-17(16-7-8-22(42)28-25(16)18(12-37-28)24-13-38-32(29)44-24)27(19)41-34(35)45-23-9-6-15(10-20(23)35)11-21(36)31(43)39-26/h3-10,12-14,21,26,34,37,41-42H,11,36H2,1-2H3,(H,39,43)/t21-,26-,34-,35?/m0/s1. The van der Waals surface area contributed by atoms with E-state index in [1.165, 1.54) is 0 Å². The van der Waals surface area contributed by atoms with Gasteiger partial charge in [0.2, 0.25) is 17.7 Å². The Morgan fingerprint density at radius 3 is 2.80 bits per heavy atom. The Bertz CT molecular complexity index is 2300. The second kappa shape index (κ2) is 8.58. The largest absolute Gasteiger partial charge is 0.506 e. The highest BCUT2D eigenvalue weighted by molar-refractivity contribution is 6.09. The summed E-state index contributed by atoms with van der Waals surface area (Å²) in [5.74, 6) is 2.07. The van der Waals surface area contributed by atoms with Gasteiger partial charge < -0.3 is 40.0 Å². The Morgan fingerprint density at radius 1 is 1.04 bits per heavy atom. The molecule has 0 saturated carbocycles. The molecule has 11 nitrogen and oxygen atoms in total. The number of carbonyl (C=O) groups is 1. The lowest BCUT2D eigenvalue weighted by Crippen LogP contribution is -2.45. The second-order valence-corrected chi connectivity index (χ2v) is 12.9. The van der Waals surface area contributed by atoms with Crippen molar-refractivity contribution in [1.82, 2.24) is 20.3 Å². The lowest BCUT2D eigenvalue weighted by molar-refractivity contribution is -0.123. The summed E-state index contributed by atoms with van der Waals surface area (Å²) < 4.78 is 20.2. The third kappa shape index (κ3) is 3.07. The number of aromatic amines is 1. The zero-order valence-corrected chi connectivity index (χ0v) is 24.8. The van der Waals surface area contributed by atoms with Gasteiger partial charge in [0.25, 0.3) is 0 Å². The number of carbonyl (C=O) groups excluding carboxylic acids is 1. The molecule has 3 aromatic heterocycles. The van der Waals surface area contributed by atoms with Crippen molar-refractivity contribution in [2.45, 2.75) is 44.0 Å². The Kier molecular flexibility index (Phi) is 4.80. The van der Waals surface area contributed by atoms with Gasteiger partial charge in [-0.3, -0.25) is 4.79 Å². The van der Waals surface area contributed by atoms with Crippen LogP contribution in [0, 0.1) is 5.92 Å². The highest BCUT2D eigenvalue weighted by Crippen LogP contribution is 2.61. The first-order valence-corrected chi connectivity index (χ1v) is 15.4. The molecule has 46 heavy (non-hydrogen) atoms. The third-order valence-corrected chi connectivity index (χ3v) is 9.97. The molecule has 4 atom stereocenters. The van der Waals surface area contributed by atoms with Crippen molar-refractivity contribution in [3.63, 3.8) is 0 Å². The minimum Gasteiger partial charge on any atom is -0.506 e. The van der Waals surface area contributed by atoms with Crippen LogP contribution in [0.2, 0.25) is 0 Å². The summed E-state index contributed by atoms with van der Waals surface area (Å²) in [7, 11) is 0. The fourth-order valence-corrected chi connectivity index (χ4v) is 7.81. The minimum atomic E-state index is -1.00. The smallest absolute Gasteiger partial charge is 0.249 e. The fraction of sp³-hybridized carbons (Fsp3) is 0.229. The Labute approximate surface area is 261 Å². The predicted octanol–water partition coefficient (Wildman–Crippen LogP) is 5.34. The first kappa shape index (κ1) is 25.7. The number of nitrogens with two attached hydrogens (primary N) is 1. The molecule has 4 aliphatic rings. The van der Waals surface area contributed by atoms with Crippen LogP contribution in [-0.2, 0) is 16.6 Å². The molecule has 0 fully saturated rings. The highest BCUT2D eigenvalue weighted by Gasteiger charge is 2.61. The van der Waals surface area contributed by atoms with Crippen LogP contribution in [0.1, 0.15) is 48.2 Å². The molecule has 1 amide bonds. The van der Waals surface area contributed by atoms with Crippen LogP contribution in [0.3, 0.4) is 0 Å². The van der Waals surface area contributed by atoms with E-state index in [1.54, 1.807) is 12.3 Å². The second-order valence-electron chi connectivity index (χ2n) is 12.9. The van der Waals surface area contributed by atoms with Gasteiger partial charge in [0, 0.05) is 39.5 Å². The highest BCUT2D eigenvalue weighted by atomic mass is 16.5. The molecule has 4 aliphatic heterocycles. The Hall–Kier alpha value is -5.55.